The van der Waals surface area contributed by atoms with Crippen molar-refractivity contribution in [3.8, 4) is 0 Å². The summed E-state index contributed by atoms with van der Waals surface area (Å²) in [6.07, 6.45) is 1.45. The fourth-order valence-electron chi connectivity index (χ4n) is 1.95. The average Bonchev–Trinajstić information content (AvgIpc) is 2.78. The summed E-state index contributed by atoms with van der Waals surface area (Å²) >= 11 is 0. The Morgan fingerprint density at radius 2 is 2.15 bits per heavy atom. The maximum atomic E-state index is 12.0. The van der Waals surface area contributed by atoms with Crippen LogP contribution in [-0.2, 0) is 0 Å². The Morgan fingerprint density at radius 3 is 2.90 bits per heavy atom. The van der Waals surface area contributed by atoms with Gasteiger partial charge in [0.05, 0.1) is 22.9 Å². The number of nitrogen functional groups attached to an aromatic ring is 1. The maximum Gasteiger partial charge on any atom is 0.274 e. The van der Waals surface area contributed by atoms with Crippen molar-refractivity contribution in [1.29, 1.82) is 0 Å². The van der Waals surface area contributed by atoms with Gasteiger partial charge in [-0.05, 0) is 37.3 Å². The fourth-order valence-corrected chi connectivity index (χ4v) is 1.95. The molecule has 0 bridgehead atoms. The van der Waals surface area contributed by atoms with Crippen molar-refractivity contribution >= 4 is 28.3 Å². The number of aromatic amines is 1. The first-order chi connectivity index (χ1) is 9.61. The third kappa shape index (κ3) is 2.31. The van der Waals surface area contributed by atoms with Crippen LogP contribution in [-0.4, -0.2) is 20.9 Å². The Hall–Kier alpha value is -2.89. The van der Waals surface area contributed by atoms with Crippen LogP contribution in [0.3, 0.4) is 0 Å². The number of pyridine rings is 1. The summed E-state index contributed by atoms with van der Waals surface area (Å²) in [6, 6.07) is 8.72. The van der Waals surface area contributed by atoms with Gasteiger partial charge in [-0.3, -0.25) is 4.79 Å². The number of carbonyl (C=O) groups is 1. The molecule has 3 rings (SSSR count). The predicted molar refractivity (Wildman–Crippen MR) is 77.4 cm³/mol. The maximum absolute atomic E-state index is 12.0. The van der Waals surface area contributed by atoms with Crippen molar-refractivity contribution in [2.45, 2.75) is 6.92 Å². The molecule has 0 saturated carbocycles. The molecule has 4 N–H and O–H groups in total. The van der Waals surface area contributed by atoms with Crippen molar-refractivity contribution in [2.24, 2.45) is 0 Å². The lowest BCUT2D eigenvalue weighted by Gasteiger charge is -2.04. The molecule has 0 aliphatic carbocycles. The summed E-state index contributed by atoms with van der Waals surface area (Å²) in [6.45, 7) is 1.89. The molecule has 0 aliphatic rings. The first kappa shape index (κ1) is 12.2. The number of anilines is 2. The second-order valence-corrected chi connectivity index (χ2v) is 4.49. The number of aryl methyl sites for hydroxylation is 1. The molecule has 6 nitrogen and oxygen atoms in total. The quantitative estimate of drug-likeness (QED) is 0.662. The predicted octanol–water partition coefficient (Wildman–Crippen LogP) is 2.10. The standard InChI is InChI=1S/C14H13N5O/c1-8-17-11-5-3-10(6-13(11)18-8)19-14(20)12-4-2-9(15)7-16-12/h2-7H,15H2,1H3,(H,17,18)(H,19,20). The lowest BCUT2D eigenvalue weighted by atomic mass is 10.2. The van der Waals surface area contributed by atoms with Gasteiger partial charge in [-0.15, -0.1) is 0 Å². The number of nitrogens with zero attached hydrogens (tertiary/aromatic N) is 2. The highest BCUT2D eigenvalue weighted by Crippen LogP contribution is 2.17. The van der Waals surface area contributed by atoms with Gasteiger partial charge in [0, 0.05) is 5.69 Å². The van der Waals surface area contributed by atoms with Gasteiger partial charge in [-0.25, -0.2) is 9.97 Å². The number of aromatic nitrogens is 3. The molecule has 0 fully saturated rings. The number of hydrogen-bond donors (Lipinski definition) is 3. The van der Waals surface area contributed by atoms with Crippen molar-refractivity contribution in [3.05, 3.63) is 48.0 Å². The van der Waals surface area contributed by atoms with Crippen LogP contribution in [0.5, 0.6) is 0 Å². The van der Waals surface area contributed by atoms with Crippen LogP contribution in [0.2, 0.25) is 0 Å². The molecule has 0 atom stereocenters. The van der Waals surface area contributed by atoms with E-state index in [1.807, 2.05) is 19.1 Å². The number of amides is 1. The third-order valence-electron chi connectivity index (χ3n) is 2.88. The highest BCUT2D eigenvalue weighted by atomic mass is 16.1. The summed E-state index contributed by atoms with van der Waals surface area (Å²) in [5.41, 5.74) is 8.81. The van der Waals surface area contributed by atoms with Crippen LogP contribution >= 0.6 is 0 Å². The Bertz CT molecular complexity index is 776. The van der Waals surface area contributed by atoms with Crippen LogP contribution in [0.1, 0.15) is 16.3 Å². The van der Waals surface area contributed by atoms with E-state index in [1.54, 1.807) is 18.2 Å². The molecule has 100 valence electrons. The Kier molecular flexibility index (Phi) is 2.83. The molecule has 0 saturated heterocycles. The molecule has 2 heterocycles. The monoisotopic (exact) mass is 267 g/mol. The zero-order valence-corrected chi connectivity index (χ0v) is 10.8. The molecule has 20 heavy (non-hydrogen) atoms. The van der Waals surface area contributed by atoms with Crippen LogP contribution in [0.25, 0.3) is 11.0 Å². The van der Waals surface area contributed by atoms with E-state index in [1.165, 1.54) is 6.20 Å². The van der Waals surface area contributed by atoms with Crippen LogP contribution in [0.15, 0.2) is 36.5 Å². The highest BCUT2D eigenvalue weighted by Gasteiger charge is 2.08. The van der Waals surface area contributed by atoms with Gasteiger partial charge < -0.3 is 16.0 Å². The van der Waals surface area contributed by atoms with E-state index in [2.05, 4.69) is 20.3 Å². The van der Waals surface area contributed by atoms with Crippen molar-refractivity contribution in [1.82, 2.24) is 15.0 Å². The molecule has 3 aromatic rings. The zero-order chi connectivity index (χ0) is 14.1. The van der Waals surface area contributed by atoms with Gasteiger partial charge in [0.15, 0.2) is 0 Å². The van der Waals surface area contributed by atoms with Gasteiger partial charge in [0.2, 0.25) is 0 Å². The summed E-state index contributed by atoms with van der Waals surface area (Å²) in [4.78, 5) is 23.4. The van der Waals surface area contributed by atoms with Crippen molar-refractivity contribution < 1.29 is 4.79 Å². The lowest BCUT2D eigenvalue weighted by molar-refractivity contribution is 0.102. The number of benzene rings is 1. The van der Waals surface area contributed by atoms with Crippen molar-refractivity contribution in [3.63, 3.8) is 0 Å². The molecule has 6 heteroatoms. The van der Waals surface area contributed by atoms with E-state index in [9.17, 15) is 4.79 Å². The Balaban J connectivity index is 1.84. The number of imidazole rings is 1. The fraction of sp³-hybridized carbons (Fsp3) is 0.0714. The minimum Gasteiger partial charge on any atom is -0.397 e. The molecule has 0 aliphatic heterocycles. The van der Waals surface area contributed by atoms with E-state index in [0.717, 1.165) is 16.9 Å². The van der Waals surface area contributed by atoms with Gasteiger partial charge in [0.25, 0.3) is 5.91 Å². The van der Waals surface area contributed by atoms with Crippen molar-refractivity contribution in [2.75, 3.05) is 11.1 Å². The molecule has 1 amide bonds. The number of nitrogens with one attached hydrogen (secondary N) is 2. The second-order valence-electron chi connectivity index (χ2n) is 4.49. The van der Waals surface area contributed by atoms with Crippen LogP contribution < -0.4 is 11.1 Å². The van der Waals surface area contributed by atoms with Gasteiger partial charge >= 0.3 is 0 Å². The summed E-state index contributed by atoms with van der Waals surface area (Å²) in [5, 5.41) is 2.79. The van der Waals surface area contributed by atoms with E-state index in [-0.39, 0.29) is 5.91 Å². The number of rotatable bonds is 2. The summed E-state index contributed by atoms with van der Waals surface area (Å²) in [5.74, 6) is 0.560. The smallest absolute Gasteiger partial charge is 0.274 e. The SMILES string of the molecule is Cc1nc2ccc(NC(=O)c3ccc(N)cn3)cc2[nH]1. The molecule has 0 radical (unpaired) electrons. The van der Waals surface area contributed by atoms with Crippen LogP contribution in [0.4, 0.5) is 11.4 Å². The summed E-state index contributed by atoms with van der Waals surface area (Å²) in [7, 11) is 0. The molecule has 0 spiro atoms. The van der Waals surface area contributed by atoms with Gasteiger partial charge in [-0.2, -0.15) is 0 Å². The minimum atomic E-state index is -0.277. The summed E-state index contributed by atoms with van der Waals surface area (Å²) < 4.78 is 0. The largest absolute Gasteiger partial charge is 0.397 e. The zero-order valence-electron chi connectivity index (χ0n) is 10.8. The molecular weight excluding hydrogens is 254 g/mol. The molecule has 0 unspecified atom stereocenters. The number of nitrogens with two attached hydrogens (primary N) is 1. The lowest BCUT2D eigenvalue weighted by Crippen LogP contribution is -2.13. The normalized spacial score (nSPS) is 10.7. The topological polar surface area (TPSA) is 96.7 Å². The number of carbonyl (C=O) groups excluding carboxylic acids is 1. The Morgan fingerprint density at radius 1 is 1.30 bits per heavy atom. The van der Waals surface area contributed by atoms with E-state index < -0.39 is 0 Å². The number of fused-ring (bicyclic) bond motifs is 1. The van der Waals surface area contributed by atoms with Gasteiger partial charge in [-0.1, -0.05) is 0 Å². The molecule has 1 aromatic carbocycles. The molecular formula is C14H13N5O. The van der Waals surface area contributed by atoms with E-state index in [4.69, 9.17) is 5.73 Å². The van der Waals surface area contributed by atoms with Crippen LogP contribution in [0, 0.1) is 6.92 Å². The number of hydrogen-bond acceptors (Lipinski definition) is 4. The Labute approximate surface area is 115 Å². The van der Waals surface area contributed by atoms with E-state index in [0.29, 0.717) is 17.1 Å². The van der Waals surface area contributed by atoms with Gasteiger partial charge in [0.1, 0.15) is 11.5 Å². The average molecular weight is 267 g/mol. The third-order valence-corrected chi connectivity index (χ3v) is 2.88. The van der Waals surface area contributed by atoms with E-state index >= 15 is 0 Å². The molecule has 2 aromatic heterocycles. The number of H-pyrrole nitrogens is 1. The second kappa shape index (κ2) is 4.65. The first-order valence-corrected chi connectivity index (χ1v) is 6.11. The highest BCUT2D eigenvalue weighted by molar-refractivity contribution is 6.03. The first-order valence-electron chi connectivity index (χ1n) is 6.11. The minimum absolute atomic E-state index is 0.277.